The maximum atomic E-state index is 13.9. The van der Waals surface area contributed by atoms with E-state index >= 15 is 0 Å². The van der Waals surface area contributed by atoms with Crippen LogP contribution in [0.15, 0.2) is 35.0 Å². The number of aryl methyl sites for hydroxylation is 1. The van der Waals surface area contributed by atoms with Crippen molar-refractivity contribution >= 4 is 22.7 Å². The predicted octanol–water partition coefficient (Wildman–Crippen LogP) is 4.71. The minimum atomic E-state index is -5.00. The molecular formula is C18H11F5N4O2. The maximum Gasteiger partial charge on any atom is 0.416 e. The van der Waals surface area contributed by atoms with Crippen LogP contribution >= 0.6 is 0 Å². The zero-order chi connectivity index (χ0) is 21.3. The largest absolute Gasteiger partial charge is 0.455 e. The molecule has 3 rings (SSSR count). The van der Waals surface area contributed by atoms with Gasteiger partial charge in [0.25, 0.3) is 0 Å². The monoisotopic (exact) mass is 410 g/mol. The first-order valence-corrected chi connectivity index (χ1v) is 7.97. The number of rotatable bonds is 3. The summed E-state index contributed by atoms with van der Waals surface area (Å²) in [6.07, 6.45) is -2.67. The number of nitriles is 1. The second-order valence-electron chi connectivity index (χ2n) is 6.00. The van der Waals surface area contributed by atoms with Crippen LogP contribution in [0.4, 0.5) is 32.4 Å². The molecule has 3 aromatic rings. The number of amides is 2. The summed E-state index contributed by atoms with van der Waals surface area (Å²) in [6, 6.07) is 0.394. The quantitative estimate of drug-likeness (QED) is 0.612. The molecule has 0 bridgehead atoms. The van der Waals surface area contributed by atoms with E-state index in [1.54, 1.807) is 11.4 Å². The van der Waals surface area contributed by atoms with Gasteiger partial charge in [-0.05, 0) is 19.1 Å². The Hall–Kier alpha value is -3.68. The summed E-state index contributed by atoms with van der Waals surface area (Å²) in [5, 5.41) is 12.4. The van der Waals surface area contributed by atoms with Crippen LogP contribution in [0.3, 0.4) is 0 Å². The lowest BCUT2D eigenvalue weighted by molar-refractivity contribution is -0.158. The number of benzene rings is 1. The van der Waals surface area contributed by atoms with Gasteiger partial charge in [0.1, 0.15) is 17.6 Å². The zero-order valence-electron chi connectivity index (χ0n) is 14.6. The van der Waals surface area contributed by atoms with Crippen LogP contribution in [0.1, 0.15) is 22.9 Å². The number of hydrogen-bond donors (Lipinski definition) is 2. The highest BCUT2D eigenvalue weighted by Crippen LogP contribution is 2.39. The van der Waals surface area contributed by atoms with E-state index in [0.717, 1.165) is 12.3 Å². The number of hydrogen-bond acceptors (Lipinski definition) is 4. The van der Waals surface area contributed by atoms with Gasteiger partial charge in [0, 0.05) is 23.2 Å². The first-order chi connectivity index (χ1) is 13.6. The molecule has 2 amide bonds. The van der Waals surface area contributed by atoms with Gasteiger partial charge < -0.3 is 15.1 Å². The summed E-state index contributed by atoms with van der Waals surface area (Å²) >= 11 is 0. The first-order valence-electron chi connectivity index (χ1n) is 7.97. The van der Waals surface area contributed by atoms with Gasteiger partial charge in [-0.25, -0.2) is 13.6 Å². The number of alkyl halides is 3. The highest BCUT2D eigenvalue weighted by atomic mass is 19.4. The molecule has 2 heterocycles. The average molecular weight is 410 g/mol. The molecule has 11 heteroatoms. The molecule has 0 aliphatic carbocycles. The number of carbonyl (C=O) groups is 1. The summed E-state index contributed by atoms with van der Waals surface area (Å²) in [6.45, 7) is 1.19. The lowest BCUT2D eigenvalue weighted by Gasteiger charge is -2.20. The van der Waals surface area contributed by atoms with Crippen LogP contribution in [-0.4, -0.2) is 17.2 Å². The maximum absolute atomic E-state index is 13.9. The number of anilines is 1. The summed E-state index contributed by atoms with van der Waals surface area (Å²) in [4.78, 5) is 15.8. The third-order valence-electron chi connectivity index (χ3n) is 3.98. The molecule has 1 atom stereocenters. The Morgan fingerprint density at radius 3 is 2.62 bits per heavy atom. The van der Waals surface area contributed by atoms with Gasteiger partial charge >= 0.3 is 12.2 Å². The minimum absolute atomic E-state index is 0.0167. The number of furan rings is 1. The molecule has 2 aromatic heterocycles. The van der Waals surface area contributed by atoms with E-state index in [2.05, 4.69) is 10.3 Å². The van der Waals surface area contributed by atoms with Crippen LogP contribution in [-0.2, 0) is 0 Å². The molecule has 0 saturated carbocycles. The van der Waals surface area contributed by atoms with E-state index in [9.17, 15) is 26.7 Å². The van der Waals surface area contributed by atoms with Crippen LogP contribution in [0, 0.1) is 29.9 Å². The fourth-order valence-corrected chi connectivity index (χ4v) is 2.70. The van der Waals surface area contributed by atoms with Gasteiger partial charge in [0.05, 0.1) is 17.4 Å². The molecule has 1 aromatic carbocycles. The second-order valence-corrected chi connectivity index (χ2v) is 6.00. The standard InChI is InChI=1S/C18H11F5N4O2/c1-8-12-3-10(19)4-13(20)15(12)29-14(8)16(18(21,22)23)27-17(28)26-11-2-9(5-24)6-25-7-11/h2-4,6-7,16H,1H3,(H2,26,27,28)/t16-/m0/s1. The number of urea groups is 1. The molecular weight excluding hydrogens is 399 g/mol. The Kier molecular flexibility index (Phi) is 5.11. The van der Waals surface area contributed by atoms with Gasteiger partial charge in [-0.15, -0.1) is 0 Å². The van der Waals surface area contributed by atoms with Crippen molar-refractivity contribution in [1.29, 1.82) is 5.26 Å². The van der Waals surface area contributed by atoms with E-state index < -0.39 is 41.2 Å². The van der Waals surface area contributed by atoms with Crippen molar-refractivity contribution in [2.75, 3.05) is 5.32 Å². The molecule has 0 aliphatic heterocycles. The molecule has 150 valence electrons. The summed E-state index contributed by atoms with van der Waals surface area (Å²) in [5.74, 6) is -2.93. The average Bonchev–Trinajstić information content (AvgIpc) is 2.96. The molecule has 0 unspecified atom stereocenters. The number of carbonyl (C=O) groups excluding carboxylic acids is 1. The number of nitrogens with one attached hydrogen (secondary N) is 2. The molecule has 6 nitrogen and oxygen atoms in total. The summed E-state index contributed by atoms with van der Waals surface area (Å²) < 4.78 is 73.1. The predicted molar refractivity (Wildman–Crippen MR) is 90.8 cm³/mol. The Morgan fingerprint density at radius 1 is 1.24 bits per heavy atom. The molecule has 2 N–H and O–H groups in total. The molecule has 0 fully saturated rings. The number of aromatic nitrogens is 1. The van der Waals surface area contributed by atoms with Crippen LogP contribution in [0.2, 0.25) is 0 Å². The van der Waals surface area contributed by atoms with Crippen LogP contribution in [0.5, 0.6) is 0 Å². The Labute approximate surface area is 159 Å². The third kappa shape index (κ3) is 4.11. The fraction of sp³-hybridized carbons (Fsp3) is 0.167. The fourth-order valence-electron chi connectivity index (χ4n) is 2.70. The SMILES string of the molecule is Cc1c([C@H](NC(=O)Nc2cncc(C#N)c2)C(F)(F)F)oc2c(F)cc(F)cc12. The van der Waals surface area contributed by atoms with Gasteiger partial charge in [-0.1, -0.05) is 0 Å². The van der Waals surface area contributed by atoms with Gasteiger partial charge in [0.2, 0.25) is 0 Å². The number of nitrogens with zero attached hydrogens (tertiary/aromatic N) is 2. The second kappa shape index (κ2) is 7.38. The molecule has 0 spiro atoms. The highest BCUT2D eigenvalue weighted by Gasteiger charge is 2.45. The van der Waals surface area contributed by atoms with E-state index in [4.69, 9.17) is 9.68 Å². The van der Waals surface area contributed by atoms with Gasteiger partial charge in [-0.3, -0.25) is 4.98 Å². The van der Waals surface area contributed by atoms with Crippen molar-refractivity contribution in [3.05, 3.63) is 59.1 Å². The number of pyridine rings is 1. The third-order valence-corrected chi connectivity index (χ3v) is 3.98. The topological polar surface area (TPSA) is 91.0 Å². The van der Waals surface area contributed by atoms with Crippen LogP contribution in [0.25, 0.3) is 11.0 Å². The smallest absolute Gasteiger partial charge is 0.416 e. The van der Waals surface area contributed by atoms with Gasteiger partial charge in [-0.2, -0.15) is 18.4 Å². The van der Waals surface area contributed by atoms with Crippen molar-refractivity contribution in [3.63, 3.8) is 0 Å². The van der Waals surface area contributed by atoms with Crippen molar-refractivity contribution in [3.8, 4) is 6.07 Å². The number of halogens is 5. The molecule has 0 aliphatic rings. The van der Waals surface area contributed by atoms with E-state index in [0.29, 0.717) is 6.07 Å². The first kappa shape index (κ1) is 20.1. The van der Waals surface area contributed by atoms with Gasteiger partial charge in [0.15, 0.2) is 17.4 Å². The van der Waals surface area contributed by atoms with E-state index in [-0.39, 0.29) is 22.2 Å². The normalized spacial score (nSPS) is 12.4. The Bertz CT molecular complexity index is 1130. The van der Waals surface area contributed by atoms with Crippen molar-refractivity contribution in [2.45, 2.75) is 19.1 Å². The lowest BCUT2D eigenvalue weighted by atomic mass is 10.1. The van der Waals surface area contributed by atoms with Crippen molar-refractivity contribution in [2.24, 2.45) is 0 Å². The molecule has 29 heavy (non-hydrogen) atoms. The van der Waals surface area contributed by atoms with Crippen LogP contribution < -0.4 is 10.6 Å². The Morgan fingerprint density at radius 2 is 1.97 bits per heavy atom. The lowest BCUT2D eigenvalue weighted by Crippen LogP contribution is -2.40. The van der Waals surface area contributed by atoms with E-state index in [1.807, 2.05) is 0 Å². The highest BCUT2D eigenvalue weighted by molar-refractivity contribution is 5.90. The molecule has 0 radical (unpaired) electrons. The Balaban J connectivity index is 1.94. The summed E-state index contributed by atoms with van der Waals surface area (Å²) in [7, 11) is 0. The zero-order valence-corrected chi connectivity index (χ0v) is 14.6. The number of fused-ring (bicyclic) bond motifs is 1. The van der Waals surface area contributed by atoms with Crippen molar-refractivity contribution < 1.29 is 31.2 Å². The van der Waals surface area contributed by atoms with Crippen molar-refractivity contribution in [1.82, 2.24) is 10.3 Å². The minimum Gasteiger partial charge on any atom is -0.455 e. The summed E-state index contributed by atoms with van der Waals surface area (Å²) in [5.41, 5.74) is -0.659. The molecule has 0 saturated heterocycles. The van der Waals surface area contributed by atoms with E-state index in [1.165, 1.54) is 19.2 Å².